The molecule has 0 fully saturated rings. The van der Waals surface area contributed by atoms with E-state index < -0.39 is 27.7 Å². The third-order valence-corrected chi connectivity index (χ3v) is 9.26. The Labute approximate surface area is 261 Å². The maximum absolute atomic E-state index is 13.7. The average Bonchev–Trinajstić information content (AvgIpc) is 3.62. The van der Waals surface area contributed by atoms with E-state index in [9.17, 15) is 22.4 Å². The van der Waals surface area contributed by atoms with Gasteiger partial charge in [-0.15, -0.1) is 0 Å². The van der Waals surface area contributed by atoms with Crippen LogP contribution in [0, 0.1) is 5.82 Å². The van der Waals surface area contributed by atoms with E-state index in [2.05, 4.69) is 10.0 Å². The second-order valence-electron chi connectivity index (χ2n) is 10.7. The van der Waals surface area contributed by atoms with Crippen LogP contribution in [0.4, 0.5) is 10.1 Å². The van der Waals surface area contributed by atoms with Gasteiger partial charge in [-0.2, -0.15) is 0 Å². The summed E-state index contributed by atoms with van der Waals surface area (Å²) < 4.78 is 56.0. The van der Waals surface area contributed by atoms with Crippen LogP contribution in [0.1, 0.15) is 27.6 Å². The molecule has 0 aliphatic carbocycles. The molecule has 7 rings (SSSR count). The van der Waals surface area contributed by atoms with Gasteiger partial charge >= 0.3 is 0 Å². The van der Waals surface area contributed by atoms with E-state index in [1.54, 1.807) is 30.3 Å². The van der Waals surface area contributed by atoms with Crippen LogP contribution in [0.3, 0.4) is 0 Å². The summed E-state index contributed by atoms with van der Waals surface area (Å²) in [6, 6.07) is 19.1. The summed E-state index contributed by atoms with van der Waals surface area (Å²) in [6.45, 7) is 1.69. The van der Waals surface area contributed by atoms with Crippen LogP contribution in [-0.2, 0) is 16.8 Å². The number of sulfonamides is 1. The number of anilines is 1. The minimum absolute atomic E-state index is 0.179. The molecule has 46 heavy (non-hydrogen) atoms. The van der Waals surface area contributed by atoms with Crippen LogP contribution < -0.4 is 20.5 Å². The number of fused-ring (bicyclic) bond motifs is 6. The summed E-state index contributed by atoms with van der Waals surface area (Å²) in [7, 11) is -2.28. The van der Waals surface area contributed by atoms with Crippen LogP contribution >= 0.6 is 0 Å². The Morgan fingerprint density at radius 1 is 1.04 bits per heavy atom. The highest BCUT2D eigenvalue weighted by Crippen LogP contribution is 2.43. The fraction of sp³-hybridized carbons (Fsp3) is 0.121. The summed E-state index contributed by atoms with van der Waals surface area (Å²) in [5.74, 6) is -0.980. The molecule has 1 aliphatic rings. The Kier molecular flexibility index (Phi) is 6.78. The lowest BCUT2D eigenvalue weighted by molar-refractivity contribution is 0.0963. The van der Waals surface area contributed by atoms with Gasteiger partial charge in [-0.3, -0.25) is 14.3 Å². The number of benzene rings is 3. The third-order valence-electron chi connectivity index (χ3n) is 7.97. The maximum Gasteiger partial charge on any atom is 0.255 e. The molecule has 0 saturated carbocycles. The van der Waals surface area contributed by atoms with E-state index in [0.717, 1.165) is 5.52 Å². The van der Waals surface area contributed by atoms with Crippen molar-refractivity contribution in [1.82, 2.24) is 14.9 Å². The third kappa shape index (κ3) is 4.72. The number of primary amides is 1. The predicted molar refractivity (Wildman–Crippen MR) is 171 cm³/mol. The Hall–Kier alpha value is -5.69. The van der Waals surface area contributed by atoms with Crippen LogP contribution in [0.5, 0.6) is 5.75 Å². The first-order valence-corrected chi connectivity index (χ1v) is 15.9. The average molecular weight is 640 g/mol. The SMILES string of the molecule is CCS(=O)(=O)Nc1cc2oc(-c3ccc(F)cc3)c(C(=O)NC)c2cc1-c1ccc2c(n1)-c1cc3c(C(N)=O)cccc3n1CO2. The fourth-order valence-corrected chi connectivity index (χ4v) is 6.35. The second kappa shape index (κ2) is 10.7. The number of rotatable bonds is 7. The molecule has 6 aromatic rings. The first kappa shape index (κ1) is 29.0. The predicted octanol–water partition coefficient (Wildman–Crippen LogP) is 5.49. The highest BCUT2D eigenvalue weighted by Gasteiger charge is 2.27. The molecule has 232 valence electrons. The lowest BCUT2D eigenvalue weighted by Gasteiger charge is -2.21. The zero-order valence-corrected chi connectivity index (χ0v) is 25.4. The number of carbonyl (C=O) groups is 2. The van der Waals surface area contributed by atoms with Crippen molar-refractivity contribution in [3.8, 4) is 39.7 Å². The molecule has 3 aromatic heterocycles. The van der Waals surface area contributed by atoms with E-state index in [1.807, 2.05) is 16.7 Å². The standard InChI is InChI=1S/C33H26FN5O6S/c1-3-46(42,43)38-24-15-28-22(29(33(41)36-2)31(45-28)17-7-9-18(34)10-8-17)13-21(24)23-11-12-27-30(37-23)26-14-20-19(32(35)40)5-4-6-25(20)39(26)16-44-27/h4-15,38H,3,16H2,1-2H3,(H2,35,40)(H,36,41). The van der Waals surface area contributed by atoms with Gasteiger partial charge < -0.3 is 24.8 Å². The number of furan rings is 1. The molecule has 0 atom stereocenters. The topological polar surface area (TPSA) is 159 Å². The van der Waals surface area contributed by atoms with E-state index in [-0.39, 0.29) is 35.1 Å². The van der Waals surface area contributed by atoms with E-state index in [1.165, 1.54) is 44.3 Å². The number of halogens is 1. The molecular formula is C33H26FN5O6S. The van der Waals surface area contributed by atoms with Crippen molar-refractivity contribution >= 4 is 49.4 Å². The molecule has 1 aliphatic heterocycles. The molecule has 11 nitrogen and oxygen atoms in total. The number of hydrogen-bond donors (Lipinski definition) is 3. The Bertz CT molecular complexity index is 2340. The first-order chi connectivity index (χ1) is 22.1. The van der Waals surface area contributed by atoms with Crippen molar-refractivity contribution in [1.29, 1.82) is 0 Å². The van der Waals surface area contributed by atoms with E-state index in [0.29, 0.717) is 50.3 Å². The molecule has 2 amide bonds. The fourth-order valence-electron chi connectivity index (χ4n) is 5.70. The van der Waals surface area contributed by atoms with Gasteiger partial charge in [-0.25, -0.2) is 17.8 Å². The monoisotopic (exact) mass is 639 g/mol. The summed E-state index contributed by atoms with van der Waals surface area (Å²) >= 11 is 0. The maximum atomic E-state index is 13.7. The number of aromatic nitrogens is 2. The van der Waals surface area contributed by atoms with Gasteiger partial charge in [-0.1, -0.05) is 6.07 Å². The summed E-state index contributed by atoms with van der Waals surface area (Å²) in [5, 5.41) is 3.67. The molecule has 13 heteroatoms. The number of nitrogens with zero attached hydrogens (tertiary/aromatic N) is 2. The van der Waals surface area contributed by atoms with E-state index in [4.69, 9.17) is 19.9 Å². The number of nitrogens with one attached hydrogen (secondary N) is 2. The van der Waals surface area contributed by atoms with Gasteiger partial charge in [0, 0.05) is 40.6 Å². The zero-order valence-electron chi connectivity index (χ0n) is 24.5. The molecule has 4 N–H and O–H groups in total. The normalized spacial score (nSPS) is 12.4. The molecule has 0 bridgehead atoms. The zero-order chi connectivity index (χ0) is 32.3. The Balaban J connectivity index is 1.47. The van der Waals surface area contributed by atoms with Gasteiger partial charge in [-0.05, 0) is 67.6 Å². The van der Waals surface area contributed by atoms with Crippen molar-refractivity contribution < 1.29 is 31.6 Å². The van der Waals surface area contributed by atoms with Crippen molar-refractivity contribution in [2.24, 2.45) is 5.73 Å². The first-order valence-electron chi connectivity index (χ1n) is 14.2. The molecule has 0 radical (unpaired) electrons. The quantitative estimate of drug-likeness (QED) is 0.208. The van der Waals surface area contributed by atoms with E-state index >= 15 is 0 Å². The number of amides is 2. The van der Waals surface area contributed by atoms with Gasteiger partial charge in [0.15, 0.2) is 6.73 Å². The Morgan fingerprint density at radius 3 is 2.54 bits per heavy atom. The van der Waals surface area contributed by atoms with Gasteiger partial charge in [0.1, 0.15) is 28.6 Å². The number of pyridine rings is 1. The number of nitrogens with two attached hydrogens (primary N) is 1. The van der Waals surface area contributed by atoms with Gasteiger partial charge in [0.2, 0.25) is 15.9 Å². The molecule has 0 unspecified atom stereocenters. The minimum Gasteiger partial charge on any atom is -0.470 e. The van der Waals surface area contributed by atoms with Crippen LogP contribution in [0.15, 0.2) is 77.2 Å². The molecular weight excluding hydrogens is 613 g/mol. The highest BCUT2D eigenvalue weighted by molar-refractivity contribution is 7.92. The van der Waals surface area contributed by atoms with Crippen molar-refractivity contribution in [3.05, 3.63) is 89.7 Å². The molecule has 3 aromatic carbocycles. The van der Waals surface area contributed by atoms with Crippen LogP contribution in [-0.4, -0.2) is 42.6 Å². The number of ether oxygens (including phenoxy) is 1. The number of hydrogen-bond acceptors (Lipinski definition) is 7. The largest absolute Gasteiger partial charge is 0.470 e. The summed E-state index contributed by atoms with van der Waals surface area (Å²) in [6.07, 6.45) is 0. The molecule has 0 saturated heterocycles. The molecule has 4 heterocycles. The summed E-state index contributed by atoms with van der Waals surface area (Å²) in [4.78, 5) is 30.3. The van der Waals surface area contributed by atoms with Crippen LogP contribution in [0.2, 0.25) is 0 Å². The second-order valence-corrected chi connectivity index (χ2v) is 12.7. The van der Waals surface area contributed by atoms with Crippen molar-refractivity contribution in [2.45, 2.75) is 13.7 Å². The van der Waals surface area contributed by atoms with Crippen LogP contribution in [0.25, 0.3) is 55.8 Å². The van der Waals surface area contributed by atoms with Gasteiger partial charge in [0.05, 0.1) is 33.9 Å². The highest BCUT2D eigenvalue weighted by atomic mass is 32.2. The Morgan fingerprint density at radius 2 is 1.83 bits per heavy atom. The lowest BCUT2D eigenvalue weighted by Crippen LogP contribution is -2.18. The summed E-state index contributed by atoms with van der Waals surface area (Å²) in [5.41, 5.74) is 9.69. The van der Waals surface area contributed by atoms with Crippen molar-refractivity contribution in [2.75, 3.05) is 17.5 Å². The van der Waals surface area contributed by atoms with Crippen molar-refractivity contribution in [3.63, 3.8) is 0 Å². The minimum atomic E-state index is -3.76. The number of carbonyl (C=O) groups excluding carboxylic acids is 2. The smallest absolute Gasteiger partial charge is 0.255 e. The molecule has 0 spiro atoms. The van der Waals surface area contributed by atoms with Gasteiger partial charge in [0.25, 0.3) is 5.91 Å². The lowest BCUT2D eigenvalue weighted by atomic mass is 10.0.